The molecule has 0 spiro atoms. The van der Waals surface area contributed by atoms with Crippen molar-refractivity contribution in [1.82, 2.24) is 4.41 Å². The van der Waals surface area contributed by atoms with Crippen molar-refractivity contribution in [3.8, 4) is 0 Å². The van der Waals surface area contributed by atoms with E-state index in [0.29, 0.717) is 18.1 Å². The molecule has 1 aromatic heterocycles. The third kappa shape index (κ3) is 2.23. The minimum Gasteiger partial charge on any atom is -0.467 e. The number of hydrazone groups is 1. The zero-order valence-corrected chi connectivity index (χ0v) is 12.7. The van der Waals surface area contributed by atoms with Gasteiger partial charge in [-0.15, -0.1) is 0 Å². The molecule has 5 nitrogen and oxygen atoms in total. The molecule has 22 heavy (non-hydrogen) atoms. The van der Waals surface area contributed by atoms with Crippen LogP contribution in [0.25, 0.3) is 0 Å². The maximum Gasteiger partial charge on any atom is 0.279 e. The fourth-order valence-corrected chi connectivity index (χ4v) is 4.23. The van der Waals surface area contributed by atoms with Crippen molar-refractivity contribution >= 4 is 15.7 Å². The third-order valence-corrected chi connectivity index (χ3v) is 5.80. The number of nitrogens with zero attached hydrogens (tertiary/aromatic N) is 2. The molecular weight excluding hydrogens is 300 g/mol. The Morgan fingerprint density at radius 3 is 2.50 bits per heavy atom. The molecule has 1 saturated carbocycles. The molecule has 2 aromatic rings. The standard InChI is InChI=1S/C16H16N2O3S/c19-22(20,13-5-2-1-3-6-13)18-15(16-7-4-10-21-16)11-14(17-18)12-8-9-12/h1-7,10,12,15H,8-9,11H2. The smallest absolute Gasteiger partial charge is 0.279 e. The van der Waals surface area contributed by atoms with E-state index in [-0.39, 0.29) is 10.9 Å². The van der Waals surface area contributed by atoms with Gasteiger partial charge >= 0.3 is 0 Å². The minimum absolute atomic E-state index is 0.257. The van der Waals surface area contributed by atoms with Crippen LogP contribution in [0.1, 0.15) is 31.1 Å². The van der Waals surface area contributed by atoms with Crippen LogP contribution in [0, 0.1) is 5.92 Å². The SMILES string of the molecule is O=S(=O)(c1ccccc1)N1N=C(C2CC2)CC1c1ccco1. The van der Waals surface area contributed by atoms with E-state index < -0.39 is 10.0 Å². The van der Waals surface area contributed by atoms with Crippen molar-refractivity contribution in [3.63, 3.8) is 0 Å². The zero-order valence-electron chi connectivity index (χ0n) is 11.9. The Bertz CT molecular complexity index is 793. The predicted octanol–water partition coefficient (Wildman–Crippen LogP) is 3.18. The Morgan fingerprint density at radius 1 is 1.09 bits per heavy atom. The number of rotatable bonds is 4. The summed E-state index contributed by atoms with van der Waals surface area (Å²) in [5, 5.41) is 4.44. The molecule has 0 saturated heterocycles. The fraction of sp³-hybridized carbons (Fsp3) is 0.312. The largest absolute Gasteiger partial charge is 0.467 e. The highest BCUT2D eigenvalue weighted by atomic mass is 32.2. The van der Waals surface area contributed by atoms with Crippen molar-refractivity contribution < 1.29 is 12.8 Å². The normalized spacial score (nSPS) is 21.9. The molecule has 1 aliphatic carbocycles. The summed E-state index contributed by atoms with van der Waals surface area (Å²) >= 11 is 0. The molecule has 0 amide bonds. The Labute approximate surface area is 129 Å². The van der Waals surface area contributed by atoms with Crippen LogP contribution >= 0.6 is 0 Å². The summed E-state index contributed by atoms with van der Waals surface area (Å²) in [6.07, 6.45) is 4.38. The molecule has 2 aliphatic rings. The van der Waals surface area contributed by atoms with Gasteiger partial charge in [0.05, 0.1) is 11.2 Å². The molecule has 0 bridgehead atoms. The summed E-state index contributed by atoms with van der Waals surface area (Å²) < 4.78 is 32.5. The molecule has 1 atom stereocenters. The molecule has 114 valence electrons. The first-order valence-corrected chi connectivity index (χ1v) is 8.80. The highest BCUT2D eigenvalue weighted by Gasteiger charge is 2.42. The van der Waals surface area contributed by atoms with Crippen LogP contribution < -0.4 is 0 Å². The Kier molecular flexibility index (Phi) is 3.07. The lowest BCUT2D eigenvalue weighted by atomic mass is 10.1. The molecule has 2 heterocycles. The number of hydrogen-bond donors (Lipinski definition) is 0. The lowest BCUT2D eigenvalue weighted by molar-refractivity contribution is 0.320. The summed E-state index contributed by atoms with van der Waals surface area (Å²) in [5.74, 6) is 1.08. The second kappa shape index (κ2) is 4.98. The van der Waals surface area contributed by atoms with E-state index in [1.807, 2.05) is 6.07 Å². The Morgan fingerprint density at radius 2 is 1.86 bits per heavy atom. The Balaban J connectivity index is 1.76. The summed E-state index contributed by atoms with van der Waals surface area (Å²) in [5.41, 5.74) is 0.973. The minimum atomic E-state index is -3.67. The summed E-state index contributed by atoms with van der Waals surface area (Å²) in [7, 11) is -3.67. The van der Waals surface area contributed by atoms with E-state index in [2.05, 4.69) is 5.10 Å². The molecule has 6 heteroatoms. The average molecular weight is 316 g/mol. The van der Waals surface area contributed by atoms with Crippen LogP contribution in [0.15, 0.2) is 63.1 Å². The van der Waals surface area contributed by atoms with Gasteiger partial charge in [0.25, 0.3) is 10.0 Å². The third-order valence-electron chi connectivity index (χ3n) is 4.10. The van der Waals surface area contributed by atoms with Gasteiger partial charge in [-0.3, -0.25) is 0 Å². The van der Waals surface area contributed by atoms with Gasteiger partial charge in [-0.1, -0.05) is 18.2 Å². The number of benzene rings is 1. The van der Waals surface area contributed by atoms with Crippen molar-refractivity contribution in [1.29, 1.82) is 0 Å². The highest BCUT2D eigenvalue weighted by Crippen LogP contribution is 2.42. The van der Waals surface area contributed by atoms with Gasteiger partial charge in [0.1, 0.15) is 11.8 Å². The van der Waals surface area contributed by atoms with Gasteiger partial charge in [0.2, 0.25) is 0 Å². The monoisotopic (exact) mass is 316 g/mol. The zero-order chi connectivity index (χ0) is 15.2. The molecule has 1 aromatic carbocycles. The van der Waals surface area contributed by atoms with E-state index in [0.717, 1.165) is 18.6 Å². The van der Waals surface area contributed by atoms with Gasteiger partial charge in [-0.2, -0.15) is 17.9 Å². The molecular formula is C16H16N2O3S. The second-order valence-electron chi connectivity index (χ2n) is 5.69. The first-order chi connectivity index (χ1) is 10.7. The van der Waals surface area contributed by atoms with Gasteiger partial charge in [-0.05, 0) is 43.0 Å². The fourth-order valence-electron chi connectivity index (χ4n) is 2.79. The molecule has 0 N–H and O–H groups in total. The Hall–Kier alpha value is -2.08. The first-order valence-electron chi connectivity index (χ1n) is 7.36. The van der Waals surface area contributed by atoms with E-state index in [1.165, 1.54) is 4.41 Å². The lowest BCUT2D eigenvalue weighted by Gasteiger charge is -2.21. The summed E-state index contributed by atoms with van der Waals surface area (Å²) in [6.45, 7) is 0. The van der Waals surface area contributed by atoms with Crippen LogP contribution in [-0.4, -0.2) is 18.5 Å². The highest BCUT2D eigenvalue weighted by molar-refractivity contribution is 7.89. The van der Waals surface area contributed by atoms with E-state index in [1.54, 1.807) is 42.7 Å². The van der Waals surface area contributed by atoms with Crippen LogP contribution in [0.3, 0.4) is 0 Å². The molecule has 1 fully saturated rings. The van der Waals surface area contributed by atoms with Crippen molar-refractivity contribution in [2.75, 3.05) is 0 Å². The molecule has 1 aliphatic heterocycles. The average Bonchev–Trinajstić information content (AvgIpc) is 3.06. The van der Waals surface area contributed by atoms with Crippen LogP contribution in [0.5, 0.6) is 0 Å². The van der Waals surface area contributed by atoms with E-state index in [9.17, 15) is 8.42 Å². The van der Waals surface area contributed by atoms with E-state index >= 15 is 0 Å². The van der Waals surface area contributed by atoms with E-state index in [4.69, 9.17) is 4.42 Å². The number of sulfonamides is 1. The number of furan rings is 1. The summed E-state index contributed by atoms with van der Waals surface area (Å²) in [6, 6.07) is 11.6. The van der Waals surface area contributed by atoms with Gasteiger partial charge in [0, 0.05) is 12.1 Å². The quantitative estimate of drug-likeness (QED) is 0.870. The maximum atomic E-state index is 12.9. The topological polar surface area (TPSA) is 62.9 Å². The van der Waals surface area contributed by atoms with Gasteiger partial charge < -0.3 is 4.42 Å². The van der Waals surface area contributed by atoms with Crippen molar-refractivity contribution in [2.45, 2.75) is 30.2 Å². The molecule has 1 unspecified atom stereocenters. The maximum absolute atomic E-state index is 12.9. The first kappa shape index (κ1) is 13.6. The second-order valence-corrected chi connectivity index (χ2v) is 7.49. The van der Waals surface area contributed by atoms with Crippen LogP contribution in [0.4, 0.5) is 0 Å². The number of hydrogen-bond acceptors (Lipinski definition) is 4. The lowest BCUT2D eigenvalue weighted by Crippen LogP contribution is -2.27. The summed E-state index contributed by atoms with van der Waals surface area (Å²) in [4.78, 5) is 0.257. The van der Waals surface area contributed by atoms with Crippen LogP contribution in [-0.2, 0) is 10.0 Å². The van der Waals surface area contributed by atoms with Gasteiger partial charge in [0.15, 0.2) is 0 Å². The van der Waals surface area contributed by atoms with Crippen LogP contribution in [0.2, 0.25) is 0 Å². The molecule has 4 rings (SSSR count). The molecule has 0 radical (unpaired) electrons. The van der Waals surface area contributed by atoms with Crippen molar-refractivity contribution in [2.24, 2.45) is 11.0 Å². The van der Waals surface area contributed by atoms with Crippen molar-refractivity contribution in [3.05, 3.63) is 54.5 Å². The predicted molar refractivity (Wildman–Crippen MR) is 81.7 cm³/mol. The van der Waals surface area contributed by atoms with Gasteiger partial charge in [-0.25, -0.2) is 0 Å².